The molecule has 35 heavy (non-hydrogen) atoms. The molecule has 4 aromatic rings. The summed E-state index contributed by atoms with van der Waals surface area (Å²) in [4.78, 5) is 39.4. The Morgan fingerprint density at radius 2 is 1.54 bits per heavy atom. The molecular weight excluding hydrogens is 440 g/mol. The average Bonchev–Trinajstić information content (AvgIpc) is 2.84. The number of hydrogen-bond acceptors (Lipinski definition) is 4. The number of aromatic nitrogens is 1. The van der Waals surface area contributed by atoms with Gasteiger partial charge in [-0.05, 0) is 61.9 Å². The standard InChI is InChI=1S/C29H28N2O4/c1-17-13-15-21(16-14-17)25-22-10-6-7-11-23(22)28(33)31(5)26(25)29(34)35-20(4)27(32)30-24-12-8-9-18(2)19(24)3/h6-16,20H,1-5H3,(H,30,32). The topological polar surface area (TPSA) is 77.4 Å². The first-order valence-corrected chi connectivity index (χ1v) is 11.5. The van der Waals surface area contributed by atoms with Crippen LogP contribution in [0.1, 0.15) is 34.1 Å². The maximum atomic E-state index is 13.4. The van der Waals surface area contributed by atoms with Crippen LogP contribution in [0.4, 0.5) is 5.69 Å². The number of rotatable bonds is 5. The van der Waals surface area contributed by atoms with E-state index in [0.29, 0.717) is 22.0 Å². The molecule has 0 aliphatic carbocycles. The number of esters is 1. The van der Waals surface area contributed by atoms with Gasteiger partial charge in [0.15, 0.2) is 6.10 Å². The highest BCUT2D eigenvalue weighted by Crippen LogP contribution is 2.31. The third-order valence-electron chi connectivity index (χ3n) is 6.35. The van der Waals surface area contributed by atoms with E-state index < -0.39 is 18.0 Å². The lowest BCUT2D eigenvalue weighted by molar-refractivity contribution is -0.123. The van der Waals surface area contributed by atoms with Gasteiger partial charge in [-0.15, -0.1) is 0 Å². The lowest BCUT2D eigenvalue weighted by atomic mass is 9.96. The summed E-state index contributed by atoms with van der Waals surface area (Å²) in [6.45, 7) is 7.37. The van der Waals surface area contributed by atoms with Crippen LogP contribution in [-0.4, -0.2) is 22.5 Å². The van der Waals surface area contributed by atoms with Crippen LogP contribution in [0, 0.1) is 20.8 Å². The van der Waals surface area contributed by atoms with Crippen molar-refractivity contribution in [3.05, 3.63) is 99.5 Å². The molecule has 6 heteroatoms. The molecule has 1 amide bonds. The predicted octanol–water partition coefficient (Wildman–Crippen LogP) is 5.31. The van der Waals surface area contributed by atoms with E-state index in [1.807, 2.05) is 69.3 Å². The van der Waals surface area contributed by atoms with E-state index in [4.69, 9.17) is 4.74 Å². The second-order valence-electron chi connectivity index (χ2n) is 8.78. The number of aryl methyl sites for hydroxylation is 2. The molecule has 0 spiro atoms. The molecule has 1 aromatic heterocycles. The molecule has 4 rings (SSSR count). The fourth-order valence-corrected chi connectivity index (χ4v) is 4.11. The van der Waals surface area contributed by atoms with E-state index in [-0.39, 0.29) is 11.3 Å². The van der Waals surface area contributed by atoms with Gasteiger partial charge in [0.25, 0.3) is 11.5 Å². The minimum Gasteiger partial charge on any atom is -0.448 e. The quantitative estimate of drug-likeness (QED) is 0.403. The summed E-state index contributed by atoms with van der Waals surface area (Å²) in [6.07, 6.45) is -1.07. The maximum Gasteiger partial charge on any atom is 0.356 e. The Kier molecular flexibility index (Phi) is 6.56. The second-order valence-corrected chi connectivity index (χ2v) is 8.78. The first-order chi connectivity index (χ1) is 16.7. The molecule has 3 aromatic carbocycles. The number of fused-ring (bicyclic) bond motifs is 1. The minimum atomic E-state index is -1.07. The normalized spacial score (nSPS) is 11.8. The molecule has 0 radical (unpaired) electrons. The van der Waals surface area contributed by atoms with Crippen LogP contribution in [0.3, 0.4) is 0 Å². The van der Waals surface area contributed by atoms with Crippen LogP contribution >= 0.6 is 0 Å². The van der Waals surface area contributed by atoms with E-state index in [2.05, 4.69) is 5.32 Å². The van der Waals surface area contributed by atoms with Crippen LogP contribution in [0.15, 0.2) is 71.5 Å². The highest BCUT2D eigenvalue weighted by atomic mass is 16.5. The SMILES string of the molecule is Cc1ccc(-c2c(C(=O)OC(C)C(=O)Nc3cccc(C)c3C)n(C)c(=O)c3ccccc23)cc1. The molecule has 0 aliphatic heterocycles. The summed E-state index contributed by atoms with van der Waals surface area (Å²) in [5, 5.41) is 3.99. The van der Waals surface area contributed by atoms with Crippen molar-refractivity contribution in [2.24, 2.45) is 7.05 Å². The molecule has 0 aliphatic rings. The predicted molar refractivity (Wildman–Crippen MR) is 139 cm³/mol. The highest BCUT2D eigenvalue weighted by Gasteiger charge is 2.26. The summed E-state index contributed by atoms with van der Waals surface area (Å²) in [7, 11) is 1.55. The van der Waals surface area contributed by atoms with Crippen LogP contribution in [0.2, 0.25) is 0 Å². The van der Waals surface area contributed by atoms with Gasteiger partial charge in [0, 0.05) is 23.7 Å². The van der Waals surface area contributed by atoms with Gasteiger partial charge in [-0.25, -0.2) is 4.79 Å². The maximum absolute atomic E-state index is 13.4. The lowest BCUT2D eigenvalue weighted by Crippen LogP contribution is -2.33. The number of ether oxygens (including phenoxy) is 1. The van der Waals surface area contributed by atoms with Crippen molar-refractivity contribution in [3.63, 3.8) is 0 Å². The van der Waals surface area contributed by atoms with Crippen molar-refractivity contribution >= 4 is 28.3 Å². The minimum absolute atomic E-state index is 0.101. The fourth-order valence-electron chi connectivity index (χ4n) is 4.11. The number of carbonyl (C=O) groups excluding carboxylic acids is 2. The Balaban J connectivity index is 1.74. The molecular formula is C29H28N2O4. The molecule has 0 bridgehead atoms. The molecule has 178 valence electrons. The molecule has 1 heterocycles. The van der Waals surface area contributed by atoms with Crippen molar-refractivity contribution in [1.29, 1.82) is 0 Å². The van der Waals surface area contributed by atoms with Gasteiger partial charge in [0.1, 0.15) is 5.69 Å². The molecule has 1 unspecified atom stereocenters. The van der Waals surface area contributed by atoms with E-state index in [9.17, 15) is 14.4 Å². The Bertz CT molecular complexity index is 1500. The van der Waals surface area contributed by atoms with Gasteiger partial charge < -0.3 is 14.6 Å². The van der Waals surface area contributed by atoms with Gasteiger partial charge in [-0.1, -0.05) is 60.2 Å². The summed E-state index contributed by atoms with van der Waals surface area (Å²) in [5.74, 6) is -1.19. The van der Waals surface area contributed by atoms with Gasteiger partial charge in [-0.3, -0.25) is 9.59 Å². The summed E-state index contributed by atoms with van der Waals surface area (Å²) < 4.78 is 6.90. The highest BCUT2D eigenvalue weighted by molar-refractivity contribution is 6.07. The first-order valence-electron chi connectivity index (χ1n) is 11.5. The van der Waals surface area contributed by atoms with Crippen molar-refractivity contribution in [1.82, 2.24) is 4.57 Å². The molecule has 0 fully saturated rings. The summed E-state index contributed by atoms with van der Waals surface area (Å²) in [6, 6.07) is 20.5. The Morgan fingerprint density at radius 3 is 2.23 bits per heavy atom. The second kappa shape index (κ2) is 9.58. The zero-order chi connectivity index (χ0) is 25.3. The van der Waals surface area contributed by atoms with Gasteiger partial charge in [0.2, 0.25) is 0 Å². The third kappa shape index (κ3) is 4.60. The third-order valence-corrected chi connectivity index (χ3v) is 6.35. The van der Waals surface area contributed by atoms with Crippen LogP contribution in [0.5, 0.6) is 0 Å². The van der Waals surface area contributed by atoms with E-state index >= 15 is 0 Å². The van der Waals surface area contributed by atoms with E-state index in [1.54, 1.807) is 25.2 Å². The van der Waals surface area contributed by atoms with Crippen molar-refractivity contribution in [2.75, 3.05) is 5.32 Å². The van der Waals surface area contributed by atoms with Crippen LogP contribution in [0.25, 0.3) is 21.9 Å². The smallest absolute Gasteiger partial charge is 0.356 e. The van der Waals surface area contributed by atoms with Crippen molar-refractivity contribution in [2.45, 2.75) is 33.8 Å². The molecule has 0 saturated carbocycles. The first kappa shape index (κ1) is 24.0. The van der Waals surface area contributed by atoms with Crippen molar-refractivity contribution < 1.29 is 14.3 Å². The van der Waals surface area contributed by atoms with Gasteiger partial charge in [0.05, 0.1) is 0 Å². The van der Waals surface area contributed by atoms with Crippen molar-refractivity contribution in [3.8, 4) is 11.1 Å². The number of pyridine rings is 1. The summed E-state index contributed by atoms with van der Waals surface area (Å²) >= 11 is 0. The zero-order valence-corrected chi connectivity index (χ0v) is 20.5. The Morgan fingerprint density at radius 1 is 0.886 bits per heavy atom. The Hall–Kier alpha value is -4.19. The van der Waals surface area contributed by atoms with E-state index in [1.165, 1.54) is 11.5 Å². The fraction of sp³-hybridized carbons (Fsp3) is 0.207. The molecule has 6 nitrogen and oxygen atoms in total. The average molecular weight is 469 g/mol. The number of benzene rings is 3. The number of anilines is 1. The number of nitrogens with one attached hydrogen (secondary N) is 1. The molecule has 1 atom stereocenters. The number of nitrogens with zero attached hydrogens (tertiary/aromatic N) is 1. The lowest BCUT2D eigenvalue weighted by Gasteiger charge is -2.19. The van der Waals surface area contributed by atoms with Gasteiger partial charge >= 0.3 is 5.97 Å². The number of amides is 1. The largest absolute Gasteiger partial charge is 0.448 e. The zero-order valence-electron chi connectivity index (χ0n) is 20.5. The monoisotopic (exact) mass is 468 g/mol. The summed E-state index contributed by atoms with van der Waals surface area (Å²) in [5.41, 5.74) is 4.89. The number of carbonyl (C=O) groups is 2. The van der Waals surface area contributed by atoms with Crippen LogP contribution in [-0.2, 0) is 16.6 Å². The van der Waals surface area contributed by atoms with E-state index in [0.717, 1.165) is 22.3 Å². The molecule has 1 N–H and O–H groups in total. The molecule has 0 saturated heterocycles. The van der Waals surface area contributed by atoms with Crippen LogP contribution < -0.4 is 10.9 Å². The number of hydrogen-bond donors (Lipinski definition) is 1. The van der Waals surface area contributed by atoms with Gasteiger partial charge in [-0.2, -0.15) is 0 Å². The Labute approximate surface area is 204 Å².